The molecule has 0 saturated carbocycles. The summed E-state index contributed by atoms with van der Waals surface area (Å²) in [5.41, 5.74) is 6.56. The normalized spacial score (nSPS) is 18.6. The molecule has 1 fully saturated rings. The molecule has 108 valence electrons. The predicted octanol–water partition coefficient (Wildman–Crippen LogP) is 2.61. The first-order valence-corrected chi connectivity index (χ1v) is 7.64. The van der Waals surface area contributed by atoms with E-state index in [0.717, 1.165) is 24.5 Å². The summed E-state index contributed by atoms with van der Waals surface area (Å²) in [5, 5.41) is 9.91. The van der Waals surface area contributed by atoms with Gasteiger partial charge in [-0.25, -0.2) is 4.79 Å². The number of piperidine rings is 1. The number of anilines is 2. The van der Waals surface area contributed by atoms with Gasteiger partial charge in [-0.15, -0.1) is 11.3 Å². The summed E-state index contributed by atoms with van der Waals surface area (Å²) in [4.78, 5) is 14.7. The van der Waals surface area contributed by atoms with Gasteiger partial charge >= 0.3 is 5.97 Å². The molecule has 1 unspecified atom stereocenters. The van der Waals surface area contributed by atoms with Crippen molar-refractivity contribution in [3.05, 3.63) is 10.4 Å². The van der Waals surface area contributed by atoms with Crippen molar-refractivity contribution in [2.75, 3.05) is 30.3 Å². The second kappa shape index (κ2) is 6.14. The van der Waals surface area contributed by atoms with Crippen molar-refractivity contribution in [2.24, 2.45) is 5.92 Å². The number of ether oxygens (including phenoxy) is 1. The minimum absolute atomic E-state index is 0.254. The van der Waals surface area contributed by atoms with Crippen LogP contribution in [0.3, 0.4) is 0 Å². The third-order valence-corrected chi connectivity index (χ3v) is 4.62. The van der Waals surface area contributed by atoms with Gasteiger partial charge in [0.1, 0.15) is 21.5 Å². The molecule has 0 bridgehead atoms. The molecule has 0 amide bonds. The highest BCUT2D eigenvalue weighted by Gasteiger charge is 2.28. The van der Waals surface area contributed by atoms with Crippen LogP contribution in [0.5, 0.6) is 0 Å². The van der Waals surface area contributed by atoms with Crippen molar-refractivity contribution in [1.82, 2.24) is 0 Å². The molecule has 2 N–H and O–H groups in total. The third-order valence-electron chi connectivity index (χ3n) is 3.45. The van der Waals surface area contributed by atoms with E-state index < -0.39 is 5.97 Å². The standard InChI is InChI=1S/C14H19N3O2S/c1-3-19-14(18)11-12(16)10(7-15)20-13(11)17-6-4-5-9(2)8-17/h9H,3-6,8,16H2,1-2H3. The number of nitrogens with zero attached hydrogens (tertiary/aromatic N) is 2. The molecular formula is C14H19N3O2S. The zero-order valence-corrected chi connectivity index (χ0v) is 12.6. The molecule has 2 rings (SSSR count). The lowest BCUT2D eigenvalue weighted by Gasteiger charge is -2.32. The summed E-state index contributed by atoms with van der Waals surface area (Å²) in [6.07, 6.45) is 2.28. The van der Waals surface area contributed by atoms with E-state index in [4.69, 9.17) is 15.7 Å². The quantitative estimate of drug-likeness (QED) is 0.867. The van der Waals surface area contributed by atoms with Crippen molar-refractivity contribution in [3.8, 4) is 6.07 Å². The van der Waals surface area contributed by atoms with Crippen LogP contribution in [0.15, 0.2) is 0 Å². The lowest BCUT2D eigenvalue weighted by molar-refractivity contribution is 0.0528. The molecule has 5 nitrogen and oxygen atoms in total. The summed E-state index contributed by atoms with van der Waals surface area (Å²) in [7, 11) is 0. The second-order valence-corrected chi connectivity index (χ2v) is 6.05. The van der Waals surface area contributed by atoms with E-state index in [1.54, 1.807) is 6.92 Å². The molecule has 2 heterocycles. The fourth-order valence-electron chi connectivity index (χ4n) is 2.51. The monoisotopic (exact) mass is 293 g/mol. The number of nitrogens with two attached hydrogens (primary N) is 1. The van der Waals surface area contributed by atoms with Gasteiger partial charge in [0.25, 0.3) is 0 Å². The average Bonchev–Trinajstić information content (AvgIpc) is 2.76. The van der Waals surface area contributed by atoms with Crippen molar-refractivity contribution in [3.63, 3.8) is 0 Å². The molecule has 20 heavy (non-hydrogen) atoms. The van der Waals surface area contributed by atoms with Crippen LogP contribution < -0.4 is 10.6 Å². The Morgan fingerprint density at radius 2 is 2.40 bits per heavy atom. The van der Waals surface area contributed by atoms with Crippen LogP contribution in [-0.2, 0) is 4.74 Å². The molecule has 1 atom stereocenters. The second-order valence-electron chi connectivity index (χ2n) is 5.05. The van der Waals surface area contributed by atoms with Crippen LogP contribution >= 0.6 is 11.3 Å². The number of thiophene rings is 1. The lowest BCUT2D eigenvalue weighted by atomic mass is 10.0. The minimum atomic E-state index is -0.434. The van der Waals surface area contributed by atoms with Crippen molar-refractivity contribution in [2.45, 2.75) is 26.7 Å². The summed E-state index contributed by atoms with van der Waals surface area (Å²) in [6.45, 7) is 6.03. The molecule has 1 aliphatic heterocycles. The predicted molar refractivity (Wildman–Crippen MR) is 80.0 cm³/mol. The molecule has 1 saturated heterocycles. The summed E-state index contributed by atoms with van der Waals surface area (Å²) in [6, 6.07) is 2.06. The largest absolute Gasteiger partial charge is 0.462 e. The lowest BCUT2D eigenvalue weighted by Crippen LogP contribution is -2.34. The van der Waals surface area contributed by atoms with E-state index >= 15 is 0 Å². The zero-order valence-electron chi connectivity index (χ0n) is 11.8. The topological polar surface area (TPSA) is 79.3 Å². The molecule has 0 aliphatic carbocycles. The number of rotatable bonds is 3. The highest BCUT2D eigenvalue weighted by atomic mass is 32.1. The maximum atomic E-state index is 12.1. The van der Waals surface area contributed by atoms with Gasteiger partial charge in [-0.2, -0.15) is 5.26 Å². The number of esters is 1. The van der Waals surface area contributed by atoms with Gasteiger partial charge in [0, 0.05) is 13.1 Å². The van der Waals surface area contributed by atoms with Gasteiger partial charge < -0.3 is 15.4 Å². The first-order valence-electron chi connectivity index (χ1n) is 6.82. The maximum Gasteiger partial charge on any atom is 0.343 e. The van der Waals surface area contributed by atoms with Crippen molar-refractivity contribution >= 4 is 28.0 Å². The van der Waals surface area contributed by atoms with Crippen LogP contribution in [0.1, 0.15) is 41.9 Å². The van der Waals surface area contributed by atoms with Gasteiger partial charge in [-0.05, 0) is 25.7 Å². The first-order chi connectivity index (χ1) is 9.58. The summed E-state index contributed by atoms with van der Waals surface area (Å²) < 4.78 is 5.08. The zero-order chi connectivity index (χ0) is 14.7. The van der Waals surface area contributed by atoms with Gasteiger partial charge in [0.2, 0.25) is 0 Å². The maximum absolute atomic E-state index is 12.1. The van der Waals surface area contributed by atoms with E-state index in [0.29, 0.717) is 23.0 Å². The van der Waals surface area contributed by atoms with Gasteiger partial charge in [-0.3, -0.25) is 0 Å². The molecule has 0 spiro atoms. The number of carbonyl (C=O) groups excluding carboxylic acids is 1. The van der Waals surface area contributed by atoms with Crippen LogP contribution in [0.25, 0.3) is 0 Å². The van der Waals surface area contributed by atoms with Crippen molar-refractivity contribution < 1.29 is 9.53 Å². The Hall–Kier alpha value is -1.74. The van der Waals surface area contributed by atoms with Crippen LogP contribution in [0, 0.1) is 17.2 Å². The van der Waals surface area contributed by atoms with E-state index in [2.05, 4.69) is 17.9 Å². The Balaban J connectivity index is 2.41. The Bertz CT molecular complexity index is 547. The summed E-state index contributed by atoms with van der Waals surface area (Å²) in [5.74, 6) is 0.142. The van der Waals surface area contributed by atoms with Gasteiger partial charge in [0.15, 0.2) is 0 Å². The molecule has 6 heteroatoms. The Morgan fingerprint density at radius 1 is 1.65 bits per heavy atom. The Kier molecular flexibility index (Phi) is 4.50. The average molecular weight is 293 g/mol. The highest BCUT2D eigenvalue weighted by Crippen LogP contribution is 2.39. The third kappa shape index (κ3) is 2.73. The number of nitriles is 1. The molecular weight excluding hydrogens is 274 g/mol. The van der Waals surface area contributed by atoms with E-state index in [-0.39, 0.29) is 5.69 Å². The summed E-state index contributed by atoms with van der Waals surface area (Å²) >= 11 is 1.29. The Morgan fingerprint density at radius 3 is 3.00 bits per heavy atom. The first kappa shape index (κ1) is 14.7. The molecule has 1 aromatic rings. The van der Waals surface area contributed by atoms with Gasteiger partial charge in [0.05, 0.1) is 12.3 Å². The molecule has 0 radical (unpaired) electrons. The van der Waals surface area contributed by atoms with Crippen molar-refractivity contribution in [1.29, 1.82) is 5.26 Å². The number of nitrogen functional groups attached to an aromatic ring is 1. The highest BCUT2D eigenvalue weighted by molar-refractivity contribution is 7.17. The SMILES string of the molecule is CCOC(=O)c1c(N2CCCC(C)C2)sc(C#N)c1N. The number of hydrogen-bond donors (Lipinski definition) is 1. The fraction of sp³-hybridized carbons (Fsp3) is 0.571. The van der Waals surface area contributed by atoms with Gasteiger partial charge in [-0.1, -0.05) is 6.92 Å². The fourth-order valence-corrected chi connectivity index (χ4v) is 3.55. The Labute approximate surface area is 122 Å². The van der Waals surface area contributed by atoms with Crippen LogP contribution in [0.4, 0.5) is 10.7 Å². The molecule has 1 aliphatic rings. The van der Waals surface area contributed by atoms with Crippen LogP contribution in [0.2, 0.25) is 0 Å². The van der Waals surface area contributed by atoms with E-state index in [1.807, 2.05) is 0 Å². The van der Waals surface area contributed by atoms with E-state index in [1.165, 1.54) is 17.8 Å². The smallest absolute Gasteiger partial charge is 0.343 e. The van der Waals surface area contributed by atoms with Crippen LogP contribution in [-0.4, -0.2) is 25.7 Å². The van der Waals surface area contributed by atoms with E-state index in [9.17, 15) is 4.79 Å². The number of carbonyl (C=O) groups is 1. The molecule has 0 aromatic carbocycles. The minimum Gasteiger partial charge on any atom is -0.462 e. The number of hydrogen-bond acceptors (Lipinski definition) is 6. The molecule has 1 aromatic heterocycles.